The molecule has 7 heteroatoms. The van der Waals surface area contributed by atoms with Crippen LogP contribution in [0.4, 0.5) is 0 Å². The van der Waals surface area contributed by atoms with Crippen LogP contribution in [0, 0.1) is 0 Å². The van der Waals surface area contributed by atoms with Crippen LogP contribution >= 0.6 is 36.6 Å². The highest BCUT2D eigenvalue weighted by Crippen LogP contribution is 2.33. The Balaban J connectivity index is 0.00000110. The highest BCUT2D eigenvalue weighted by atomic mass is 35.5. The Hall–Kier alpha value is 0.320. The Labute approximate surface area is 144 Å². The lowest BCUT2D eigenvalue weighted by Gasteiger charge is -2.23. The predicted octanol–water partition coefficient (Wildman–Crippen LogP) is 1.67. The molecular weight excluding hydrogens is 329 g/mol. The molecule has 3 fully saturated rings. The van der Waals surface area contributed by atoms with Gasteiger partial charge in [0.25, 0.3) is 0 Å². The number of nitrogens with one attached hydrogen (secondary N) is 2. The van der Waals surface area contributed by atoms with Gasteiger partial charge < -0.3 is 10.6 Å². The van der Waals surface area contributed by atoms with Crippen molar-refractivity contribution in [2.24, 2.45) is 0 Å². The second-order valence-corrected chi connectivity index (χ2v) is 7.36. The molecule has 0 bridgehead atoms. The van der Waals surface area contributed by atoms with Gasteiger partial charge >= 0.3 is 0 Å². The van der Waals surface area contributed by atoms with Crippen molar-refractivity contribution in [1.29, 1.82) is 0 Å². The third kappa shape index (κ3) is 5.47. The molecule has 21 heavy (non-hydrogen) atoms. The van der Waals surface area contributed by atoms with Crippen LogP contribution in [0.2, 0.25) is 0 Å². The van der Waals surface area contributed by atoms with Gasteiger partial charge in [-0.3, -0.25) is 9.69 Å². The molecule has 1 saturated carbocycles. The number of amides is 1. The number of carbonyl (C=O) groups excluding carboxylic acids is 1. The summed E-state index contributed by atoms with van der Waals surface area (Å²) in [5, 5.41) is 6.67. The fourth-order valence-corrected chi connectivity index (χ4v) is 4.29. The number of halogens is 2. The summed E-state index contributed by atoms with van der Waals surface area (Å²) in [4.78, 5) is 14.7. The largest absolute Gasteiger partial charge is 0.352 e. The van der Waals surface area contributed by atoms with Crippen LogP contribution < -0.4 is 10.6 Å². The summed E-state index contributed by atoms with van der Waals surface area (Å²) in [6, 6.07) is 2.20. The summed E-state index contributed by atoms with van der Waals surface area (Å²) in [5.74, 6) is 2.48. The van der Waals surface area contributed by atoms with Crippen LogP contribution in [-0.4, -0.2) is 59.6 Å². The normalized spacial score (nSPS) is 32.9. The highest BCUT2D eigenvalue weighted by Gasteiger charge is 2.39. The van der Waals surface area contributed by atoms with Crippen molar-refractivity contribution < 1.29 is 4.79 Å². The number of likely N-dealkylation sites (tertiary alicyclic amines) is 1. The van der Waals surface area contributed by atoms with E-state index in [-0.39, 0.29) is 30.7 Å². The second kappa shape index (κ2) is 8.82. The maximum absolute atomic E-state index is 12.1. The van der Waals surface area contributed by atoms with E-state index in [2.05, 4.69) is 22.5 Å². The average Bonchev–Trinajstić information content (AvgIpc) is 3.15. The van der Waals surface area contributed by atoms with Crippen molar-refractivity contribution in [3.05, 3.63) is 0 Å². The first kappa shape index (κ1) is 19.4. The van der Waals surface area contributed by atoms with Crippen molar-refractivity contribution in [2.45, 2.75) is 56.8 Å². The Morgan fingerprint density at radius 3 is 2.76 bits per heavy atom. The summed E-state index contributed by atoms with van der Waals surface area (Å²) in [5.41, 5.74) is 0. The van der Waals surface area contributed by atoms with Crippen molar-refractivity contribution >= 4 is 42.5 Å². The smallest absolute Gasteiger partial charge is 0.221 e. The van der Waals surface area contributed by atoms with Crippen molar-refractivity contribution in [1.82, 2.24) is 15.5 Å². The molecule has 3 unspecified atom stereocenters. The minimum atomic E-state index is 0. The third-order valence-corrected chi connectivity index (χ3v) is 5.57. The first-order valence-electron chi connectivity index (χ1n) is 7.58. The Morgan fingerprint density at radius 1 is 1.38 bits per heavy atom. The minimum Gasteiger partial charge on any atom is -0.352 e. The van der Waals surface area contributed by atoms with E-state index in [0.717, 1.165) is 31.3 Å². The van der Waals surface area contributed by atoms with Gasteiger partial charge in [-0.2, -0.15) is 11.8 Å². The molecule has 0 spiro atoms. The van der Waals surface area contributed by atoms with Crippen LogP contribution in [-0.2, 0) is 4.79 Å². The van der Waals surface area contributed by atoms with Crippen molar-refractivity contribution in [3.63, 3.8) is 0 Å². The first-order valence-corrected chi connectivity index (χ1v) is 8.74. The lowest BCUT2D eigenvalue weighted by atomic mass is 10.1. The van der Waals surface area contributed by atoms with E-state index in [0.29, 0.717) is 24.5 Å². The predicted molar refractivity (Wildman–Crippen MR) is 94.0 cm³/mol. The number of nitrogens with zero attached hydrogens (tertiary/aromatic N) is 1. The van der Waals surface area contributed by atoms with Crippen molar-refractivity contribution in [2.75, 3.05) is 24.6 Å². The van der Waals surface area contributed by atoms with Crippen LogP contribution in [0.3, 0.4) is 0 Å². The van der Waals surface area contributed by atoms with E-state index in [1.165, 1.54) is 18.6 Å². The summed E-state index contributed by atoms with van der Waals surface area (Å²) >= 11 is 1.95. The summed E-state index contributed by atoms with van der Waals surface area (Å²) in [6.45, 7) is 4.40. The molecule has 0 aromatic rings. The Morgan fingerprint density at radius 2 is 2.14 bits per heavy atom. The number of rotatable bonds is 4. The molecule has 0 aromatic carbocycles. The lowest BCUT2D eigenvalue weighted by molar-refractivity contribution is -0.122. The Kier molecular flexibility index (Phi) is 8.14. The molecule has 0 radical (unpaired) electrons. The molecule has 3 rings (SSSR count). The number of thioether (sulfide) groups is 1. The van der Waals surface area contributed by atoms with Gasteiger partial charge in [0.2, 0.25) is 5.91 Å². The molecule has 2 N–H and O–H groups in total. The van der Waals surface area contributed by atoms with E-state index in [1.807, 2.05) is 11.8 Å². The molecule has 2 heterocycles. The number of hydrogen-bond acceptors (Lipinski definition) is 4. The second-order valence-electron chi connectivity index (χ2n) is 6.21. The standard InChI is InChI=1S/C14H25N3OS.2ClH/c1-10-6-11(8-17(10)13-2-3-13)16-14(18)7-12-9-19-5-4-15-12;;/h10-13,15H,2-9H2,1H3,(H,16,18);2*1H. The maximum Gasteiger partial charge on any atom is 0.221 e. The fraction of sp³-hybridized carbons (Fsp3) is 0.929. The van der Waals surface area contributed by atoms with Gasteiger partial charge in [0.05, 0.1) is 0 Å². The minimum absolute atomic E-state index is 0. The zero-order valence-electron chi connectivity index (χ0n) is 12.5. The fourth-order valence-electron chi connectivity index (χ4n) is 3.34. The molecule has 1 aliphatic carbocycles. The zero-order valence-corrected chi connectivity index (χ0v) is 15.0. The maximum atomic E-state index is 12.1. The topological polar surface area (TPSA) is 44.4 Å². The SMILES string of the molecule is CC1CC(NC(=O)CC2CSCCN2)CN1C1CC1.Cl.Cl. The van der Waals surface area contributed by atoms with E-state index < -0.39 is 0 Å². The monoisotopic (exact) mass is 355 g/mol. The molecule has 2 aliphatic heterocycles. The number of carbonyl (C=O) groups is 1. The Bertz CT molecular complexity index is 338. The van der Waals surface area contributed by atoms with Crippen molar-refractivity contribution in [3.8, 4) is 0 Å². The van der Waals surface area contributed by atoms with Gasteiger partial charge in [-0.25, -0.2) is 0 Å². The number of hydrogen-bond donors (Lipinski definition) is 2. The lowest BCUT2D eigenvalue weighted by Crippen LogP contribution is -2.44. The molecule has 124 valence electrons. The van der Waals surface area contributed by atoms with Crippen LogP contribution in [0.1, 0.15) is 32.6 Å². The van der Waals surface area contributed by atoms with Gasteiger partial charge in [-0.05, 0) is 26.2 Å². The van der Waals surface area contributed by atoms with Crippen LogP contribution in [0.15, 0.2) is 0 Å². The molecule has 1 amide bonds. The summed E-state index contributed by atoms with van der Waals surface area (Å²) in [7, 11) is 0. The summed E-state index contributed by atoms with van der Waals surface area (Å²) < 4.78 is 0. The van der Waals surface area contributed by atoms with E-state index in [4.69, 9.17) is 0 Å². The van der Waals surface area contributed by atoms with Crippen LogP contribution in [0.25, 0.3) is 0 Å². The highest BCUT2D eigenvalue weighted by molar-refractivity contribution is 7.99. The van der Waals surface area contributed by atoms with Gasteiger partial charge in [0.15, 0.2) is 0 Å². The molecule has 3 atom stereocenters. The average molecular weight is 356 g/mol. The quantitative estimate of drug-likeness (QED) is 0.804. The van der Waals surface area contributed by atoms with E-state index in [1.54, 1.807) is 0 Å². The zero-order chi connectivity index (χ0) is 13.2. The van der Waals surface area contributed by atoms with E-state index in [9.17, 15) is 4.79 Å². The summed E-state index contributed by atoms with van der Waals surface area (Å²) in [6.07, 6.45) is 4.47. The van der Waals surface area contributed by atoms with Gasteiger partial charge in [0, 0.05) is 55.2 Å². The molecule has 4 nitrogen and oxygen atoms in total. The van der Waals surface area contributed by atoms with Gasteiger partial charge in [-0.1, -0.05) is 0 Å². The molecule has 0 aromatic heterocycles. The van der Waals surface area contributed by atoms with Gasteiger partial charge in [0.1, 0.15) is 0 Å². The molecule has 3 aliphatic rings. The van der Waals surface area contributed by atoms with E-state index >= 15 is 0 Å². The van der Waals surface area contributed by atoms with Crippen LogP contribution in [0.5, 0.6) is 0 Å². The molecular formula is C14H27Cl2N3OS. The van der Waals surface area contributed by atoms with Gasteiger partial charge in [-0.15, -0.1) is 24.8 Å². The third-order valence-electron chi connectivity index (χ3n) is 4.43. The first-order chi connectivity index (χ1) is 9.22. The molecule has 2 saturated heterocycles.